The fraction of sp³-hybridized carbons (Fsp3) is 0.444. The van der Waals surface area contributed by atoms with Gasteiger partial charge in [0, 0.05) is 13.5 Å². The van der Waals surface area contributed by atoms with Crippen LogP contribution < -0.4 is 5.73 Å². The van der Waals surface area contributed by atoms with Crippen molar-refractivity contribution in [3.8, 4) is 10.7 Å². The van der Waals surface area contributed by atoms with Gasteiger partial charge < -0.3 is 5.73 Å². The van der Waals surface area contributed by atoms with Crippen LogP contribution in [0.4, 0.5) is 5.13 Å². The second-order valence-corrected chi connectivity index (χ2v) is 4.33. The van der Waals surface area contributed by atoms with Gasteiger partial charge in [0.25, 0.3) is 0 Å². The summed E-state index contributed by atoms with van der Waals surface area (Å²) >= 11 is 1.45. The highest BCUT2D eigenvalue weighted by Gasteiger charge is 2.14. The third kappa shape index (κ3) is 1.72. The topological polar surface area (TPSA) is 69.6 Å². The van der Waals surface area contributed by atoms with Crippen LogP contribution in [0.2, 0.25) is 0 Å². The molecule has 6 heteroatoms. The van der Waals surface area contributed by atoms with Crippen LogP contribution in [0.25, 0.3) is 10.7 Å². The molecule has 0 radical (unpaired) electrons. The molecule has 2 aromatic rings. The number of anilines is 1. The molecular formula is C9H13N5S. The lowest BCUT2D eigenvalue weighted by molar-refractivity contribution is 0.753. The van der Waals surface area contributed by atoms with E-state index in [4.69, 9.17) is 5.73 Å². The van der Waals surface area contributed by atoms with Gasteiger partial charge in [0.05, 0.1) is 10.6 Å². The molecule has 0 saturated carbocycles. The van der Waals surface area contributed by atoms with E-state index >= 15 is 0 Å². The standard InChI is InChI=1S/C9H13N5S/c1-4-6-12-8(14(3)13-6)7-5(2)11-9(10)15-7/h4H2,1-3H3,(H2,10,11). The molecule has 80 valence electrons. The van der Waals surface area contributed by atoms with Crippen LogP contribution in [0.5, 0.6) is 0 Å². The molecule has 2 N–H and O–H groups in total. The first-order valence-corrected chi connectivity index (χ1v) is 5.56. The molecule has 0 aliphatic carbocycles. The Labute approximate surface area is 92.0 Å². The quantitative estimate of drug-likeness (QED) is 0.835. The predicted octanol–water partition coefficient (Wildman–Crippen LogP) is 1.39. The van der Waals surface area contributed by atoms with Crippen molar-refractivity contribution in [3.63, 3.8) is 0 Å². The number of nitrogen functional groups attached to an aromatic ring is 1. The number of aryl methyl sites for hydroxylation is 3. The molecule has 0 atom stereocenters. The molecule has 15 heavy (non-hydrogen) atoms. The van der Waals surface area contributed by atoms with Crippen molar-refractivity contribution in [1.82, 2.24) is 19.7 Å². The Balaban J connectivity index is 2.53. The summed E-state index contributed by atoms with van der Waals surface area (Å²) in [5.41, 5.74) is 6.57. The lowest BCUT2D eigenvalue weighted by Crippen LogP contribution is -1.94. The number of thiazole rings is 1. The molecule has 0 unspecified atom stereocenters. The predicted molar refractivity (Wildman–Crippen MR) is 60.6 cm³/mol. The van der Waals surface area contributed by atoms with Gasteiger partial charge in [0.1, 0.15) is 0 Å². The molecule has 2 heterocycles. The minimum atomic E-state index is 0.573. The van der Waals surface area contributed by atoms with Gasteiger partial charge in [0.2, 0.25) is 0 Å². The van der Waals surface area contributed by atoms with Crippen molar-refractivity contribution in [2.24, 2.45) is 7.05 Å². The van der Waals surface area contributed by atoms with Crippen molar-refractivity contribution in [3.05, 3.63) is 11.5 Å². The number of hydrogen-bond acceptors (Lipinski definition) is 5. The Morgan fingerprint density at radius 2 is 2.13 bits per heavy atom. The monoisotopic (exact) mass is 223 g/mol. The zero-order valence-corrected chi connectivity index (χ0v) is 9.80. The Hall–Kier alpha value is -1.43. The first kappa shape index (κ1) is 10.1. The average Bonchev–Trinajstić information content (AvgIpc) is 2.69. The van der Waals surface area contributed by atoms with Gasteiger partial charge in [-0.15, -0.1) is 0 Å². The van der Waals surface area contributed by atoms with Gasteiger partial charge in [-0.05, 0) is 6.92 Å². The Kier molecular flexibility index (Phi) is 2.44. The van der Waals surface area contributed by atoms with Crippen LogP contribution >= 0.6 is 11.3 Å². The second-order valence-electron chi connectivity index (χ2n) is 3.30. The number of nitrogens with zero attached hydrogens (tertiary/aromatic N) is 4. The molecule has 2 rings (SSSR count). The number of rotatable bonds is 2. The molecule has 0 bridgehead atoms. The first-order chi connectivity index (χ1) is 7.11. The number of nitrogens with two attached hydrogens (primary N) is 1. The zero-order valence-electron chi connectivity index (χ0n) is 8.98. The maximum Gasteiger partial charge on any atom is 0.180 e. The van der Waals surface area contributed by atoms with Crippen molar-refractivity contribution in [2.75, 3.05) is 5.73 Å². The van der Waals surface area contributed by atoms with Crippen molar-refractivity contribution < 1.29 is 0 Å². The van der Waals surface area contributed by atoms with E-state index in [1.807, 2.05) is 20.9 Å². The minimum Gasteiger partial charge on any atom is -0.375 e. The molecule has 5 nitrogen and oxygen atoms in total. The highest BCUT2D eigenvalue weighted by Crippen LogP contribution is 2.29. The van der Waals surface area contributed by atoms with Gasteiger partial charge >= 0.3 is 0 Å². The maximum atomic E-state index is 5.66. The molecule has 0 aromatic carbocycles. The van der Waals surface area contributed by atoms with Crippen LogP contribution in [0.3, 0.4) is 0 Å². The van der Waals surface area contributed by atoms with Crippen molar-refractivity contribution >= 4 is 16.5 Å². The molecule has 0 saturated heterocycles. The molecular weight excluding hydrogens is 210 g/mol. The van der Waals surface area contributed by atoms with Crippen molar-refractivity contribution in [2.45, 2.75) is 20.3 Å². The van der Waals surface area contributed by atoms with E-state index in [-0.39, 0.29) is 0 Å². The normalized spacial score (nSPS) is 10.9. The molecule has 0 amide bonds. The highest BCUT2D eigenvalue weighted by atomic mass is 32.1. The largest absolute Gasteiger partial charge is 0.375 e. The summed E-state index contributed by atoms with van der Waals surface area (Å²) in [6.45, 7) is 3.97. The minimum absolute atomic E-state index is 0.573. The maximum absolute atomic E-state index is 5.66. The van der Waals surface area contributed by atoms with Gasteiger partial charge in [-0.1, -0.05) is 18.3 Å². The summed E-state index contributed by atoms with van der Waals surface area (Å²) < 4.78 is 1.78. The summed E-state index contributed by atoms with van der Waals surface area (Å²) in [5.74, 6) is 1.69. The third-order valence-electron chi connectivity index (χ3n) is 2.14. The fourth-order valence-electron chi connectivity index (χ4n) is 1.41. The lowest BCUT2D eigenvalue weighted by atomic mass is 10.4. The van der Waals surface area contributed by atoms with Crippen LogP contribution in [0.1, 0.15) is 18.4 Å². The zero-order chi connectivity index (χ0) is 11.0. The average molecular weight is 223 g/mol. The van der Waals surface area contributed by atoms with E-state index < -0.39 is 0 Å². The molecule has 0 aliphatic rings. The van der Waals surface area contributed by atoms with Crippen molar-refractivity contribution in [1.29, 1.82) is 0 Å². The van der Waals surface area contributed by atoms with Crippen LogP contribution in [0, 0.1) is 6.92 Å². The fourth-order valence-corrected chi connectivity index (χ4v) is 2.26. The van der Waals surface area contributed by atoms with Gasteiger partial charge in [-0.25, -0.2) is 14.6 Å². The van der Waals surface area contributed by atoms with E-state index in [1.54, 1.807) is 4.68 Å². The van der Waals surface area contributed by atoms with E-state index in [0.29, 0.717) is 5.13 Å². The molecule has 0 spiro atoms. The smallest absolute Gasteiger partial charge is 0.180 e. The molecule has 0 aliphatic heterocycles. The Morgan fingerprint density at radius 3 is 2.60 bits per heavy atom. The number of hydrogen-bond donors (Lipinski definition) is 1. The second kappa shape index (κ2) is 3.62. The van der Waals surface area contributed by atoms with E-state index in [9.17, 15) is 0 Å². The summed E-state index contributed by atoms with van der Waals surface area (Å²) in [4.78, 5) is 9.62. The van der Waals surface area contributed by atoms with Crippen LogP contribution in [0.15, 0.2) is 0 Å². The molecule has 2 aromatic heterocycles. The van der Waals surface area contributed by atoms with Gasteiger partial charge in [-0.2, -0.15) is 5.10 Å². The van der Waals surface area contributed by atoms with Gasteiger partial charge in [-0.3, -0.25) is 0 Å². The summed E-state index contributed by atoms with van der Waals surface area (Å²) in [6.07, 6.45) is 0.834. The van der Waals surface area contributed by atoms with E-state index in [1.165, 1.54) is 11.3 Å². The van der Waals surface area contributed by atoms with Crippen LogP contribution in [-0.4, -0.2) is 19.7 Å². The first-order valence-electron chi connectivity index (χ1n) is 4.75. The lowest BCUT2D eigenvalue weighted by Gasteiger charge is -1.95. The van der Waals surface area contributed by atoms with Crippen LogP contribution in [-0.2, 0) is 13.5 Å². The summed E-state index contributed by atoms with van der Waals surface area (Å²) in [7, 11) is 1.89. The highest BCUT2D eigenvalue weighted by molar-refractivity contribution is 7.18. The SMILES string of the molecule is CCc1nc(-c2sc(N)nc2C)n(C)n1. The Bertz CT molecular complexity index is 485. The Morgan fingerprint density at radius 1 is 1.40 bits per heavy atom. The molecule has 0 fully saturated rings. The van der Waals surface area contributed by atoms with E-state index in [0.717, 1.165) is 28.6 Å². The van der Waals surface area contributed by atoms with Gasteiger partial charge in [0.15, 0.2) is 16.8 Å². The van der Waals surface area contributed by atoms with E-state index in [2.05, 4.69) is 15.1 Å². The summed E-state index contributed by atoms with van der Waals surface area (Å²) in [6, 6.07) is 0. The summed E-state index contributed by atoms with van der Waals surface area (Å²) in [5, 5.41) is 4.87. The third-order valence-corrected chi connectivity index (χ3v) is 3.12. The number of aromatic nitrogens is 4.